The fourth-order valence-electron chi connectivity index (χ4n) is 3.63. The molecule has 0 atom stereocenters. The zero-order valence-electron chi connectivity index (χ0n) is 18.4. The summed E-state index contributed by atoms with van der Waals surface area (Å²) in [6.07, 6.45) is 1.72. The molecule has 1 fully saturated rings. The monoisotopic (exact) mass is 553 g/mol. The van der Waals surface area contributed by atoms with Crippen molar-refractivity contribution in [3.8, 4) is 16.9 Å². The zero-order valence-corrected chi connectivity index (χ0v) is 21.6. The molecule has 180 valence electrons. The van der Waals surface area contributed by atoms with Gasteiger partial charge in [0.05, 0.1) is 16.0 Å². The molecule has 1 amide bonds. The Morgan fingerprint density at radius 2 is 1.83 bits per heavy atom. The van der Waals surface area contributed by atoms with Crippen molar-refractivity contribution in [2.45, 2.75) is 6.42 Å². The standard InChI is InChI=1S/C26H16ClNO5S3/c27-17-8-6-16(7-9-17)19-13-18(14-20-23(19)33-26(31)36-20)32-22(29)10-11-28-24(30)21(35-25(28)34)12-15-4-2-1-3-5-15/h1-9,12-14H,10-11H2/b21-12-. The van der Waals surface area contributed by atoms with E-state index in [1.165, 1.54) is 16.7 Å². The molecule has 1 aromatic heterocycles. The number of halogens is 1. The maximum atomic E-state index is 12.8. The minimum absolute atomic E-state index is 0.0546. The van der Waals surface area contributed by atoms with E-state index in [0.29, 0.717) is 30.1 Å². The van der Waals surface area contributed by atoms with Gasteiger partial charge in [0.25, 0.3) is 5.91 Å². The number of esters is 1. The normalized spacial score (nSPS) is 14.7. The van der Waals surface area contributed by atoms with Crippen LogP contribution in [-0.2, 0) is 9.59 Å². The van der Waals surface area contributed by atoms with Gasteiger partial charge in [-0.15, -0.1) is 0 Å². The maximum Gasteiger partial charge on any atom is 0.396 e. The molecule has 0 N–H and O–H groups in total. The number of carbonyl (C=O) groups is 2. The quantitative estimate of drug-likeness (QED) is 0.119. The predicted molar refractivity (Wildman–Crippen MR) is 147 cm³/mol. The van der Waals surface area contributed by atoms with E-state index in [4.69, 9.17) is 33.0 Å². The van der Waals surface area contributed by atoms with Crippen molar-refractivity contribution in [2.75, 3.05) is 6.54 Å². The molecule has 0 saturated carbocycles. The summed E-state index contributed by atoms with van der Waals surface area (Å²) >= 11 is 13.5. The second kappa shape index (κ2) is 10.4. The number of benzene rings is 3. The van der Waals surface area contributed by atoms with Gasteiger partial charge in [-0.25, -0.2) is 4.79 Å². The topological polar surface area (TPSA) is 76.8 Å². The minimum Gasteiger partial charge on any atom is -0.426 e. The Balaban J connectivity index is 1.30. The number of nitrogens with zero attached hydrogens (tertiary/aromatic N) is 1. The van der Waals surface area contributed by atoms with Gasteiger partial charge >= 0.3 is 10.9 Å². The highest BCUT2D eigenvalue weighted by Crippen LogP contribution is 2.35. The van der Waals surface area contributed by atoms with E-state index in [0.717, 1.165) is 22.5 Å². The molecule has 3 aromatic carbocycles. The molecule has 10 heteroatoms. The third-order valence-electron chi connectivity index (χ3n) is 5.30. The summed E-state index contributed by atoms with van der Waals surface area (Å²) in [4.78, 5) is 38.8. The molecule has 0 bridgehead atoms. The first kappa shape index (κ1) is 24.5. The lowest BCUT2D eigenvalue weighted by Crippen LogP contribution is -2.31. The van der Waals surface area contributed by atoms with Crippen LogP contribution in [0.5, 0.6) is 5.75 Å². The number of amides is 1. The minimum atomic E-state index is -0.534. The number of ether oxygens (including phenoxy) is 1. The van der Waals surface area contributed by atoms with Gasteiger partial charge in [0.15, 0.2) is 5.58 Å². The third kappa shape index (κ3) is 5.29. The molecular formula is C26H16ClNO5S3. The van der Waals surface area contributed by atoms with E-state index in [2.05, 4.69) is 0 Å². The Bertz CT molecular complexity index is 1570. The Hall–Kier alpha value is -3.24. The summed E-state index contributed by atoms with van der Waals surface area (Å²) in [6, 6.07) is 19.7. The molecule has 0 spiro atoms. The third-order valence-corrected chi connectivity index (χ3v) is 7.71. The van der Waals surface area contributed by atoms with Gasteiger partial charge in [-0.2, -0.15) is 0 Å². The van der Waals surface area contributed by atoms with E-state index in [1.54, 1.807) is 42.5 Å². The number of thiocarbonyl (C=S) groups is 1. The van der Waals surface area contributed by atoms with Crippen LogP contribution in [0.2, 0.25) is 5.02 Å². The second-order valence-electron chi connectivity index (χ2n) is 7.73. The highest BCUT2D eigenvalue weighted by molar-refractivity contribution is 8.26. The Kier molecular flexibility index (Phi) is 7.06. The van der Waals surface area contributed by atoms with Crippen molar-refractivity contribution in [1.82, 2.24) is 4.90 Å². The zero-order chi connectivity index (χ0) is 25.2. The smallest absolute Gasteiger partial charge is 0.396 e. The average molecular weight is 554 g/mol. The lowest BCUT2D eigenvalue weighted by Gasteiger charge is -2.14. The number of hydrogen-bond donors (Lipinski definition) is 0. The van der Waals surface area contributed by atoms with Crippen LogP contribution in [-0.4, -0.2) is 27.6 Å². The first-order valence-electron chi connectivity index (χ1n) is 10.7. The number of fused-ring (bicyclic) bond motifs is 1. The van der Waals surface area contributed by atoms with Crippen molar-refractivity contribution in [2.24, 2.45) is 0 Å². The van der Waals surface area contributed by atoms with Crippen molar-refractivity contribution in [3.63, 3.8) is 0 Å². The number of thioether (sulfide) groups is 1. The number of carbonyl (C=O) groups excluding carboxylic acids is 2. The molecule has 1 aliphatic heterocycles. The average Bonchev–Trinajstić information content (AvgIpc) is 3.36. The number of hydrogen-bond acceptors (Lipinski definition) is 8. The van der Waals surface area contributed by atoms with E-state index in [1.807, 2.05) is 30.3 Å². The summed E-state index contributed by atoms with van der Waals surface area (Å²) in [7, 11) is 0. The second-order valence-corrected chi connectivity index (χ2v) is 10.8. The first-order chi connectivity index (χ1) is 17.4. The summed E-state index contributed by atoms with van der Waals surface area (Å²) in [5.41, 5.74) is 2.67. The molecule has 6 nitrogen and oxygen atoms in total. The first-order valence-corrected chi connectivity index (χ1v) is 13.1. The summed E-state index contributed by atoms with van der Waals surface area (Å²) in [5, 5.41) is 0.568. The van der Waals surface area contributed by atoms with Gasteiger partial charge in [0, 0.05) is 23.2 Å². The van der Waals surface area contributed by atoms with Gasteiger partial charge in [0.2, 0.25) is 0 Å². The van der Waals surface area contributed by atoms with E-state index in [-0.39, 0.29) is 24.6 Å². The van der Waals surface area contributed by atoms with Crippen molar-refractivity contribution in [1.29, 1.82) is 0 Å². The fourth-order valence-corrected chi connectivity index (χ4v) is 5.79. The van der Waals surface area contributed by atoms with Gasteiger partial charge < -0.3 is 9.15 Å². The number of rotatable bonds is 6. The van der Waals surface area contributed by atoms with Crippen molar-refractivity contribution >= 4 is 79.5 Å². The predicted octanol–water partition coefficient (Wildman–Crippen LogP) is 6.37. The molecule has 0 radical (unpaired) electrons. The largest absolute Gasteiger partial charge is 0.426 e. The lowest BCUT2D eigenvalue weighted by molar-refractivity contribution is -0.134. The van der Waals surface area contributed by atoms with Crippen molar-refractivity contribution < 1.29 is 18.7 Å². The highest BCUT2D eigenvalue weighted by atomic mass is 35.5. The van der Waals surface area contributed by atoms with Crippen LogP contribution in [0.4, 0.5) is 0 Å². The van der Waals surface area contributed by atoms with Gasteiger partial charge in [-0.05, 0) is 35.4 Å². The van der Waals surface area contributed by atoms with Gasteiger partial charge in [-0.3, -0.25) is 14.5 Å². The van der Waals surface area contributed by atoms with Crippen LogP contribution in [0.15, 0.2) is 80.8 Å². The lowest BCUT2D eigenvalue weighted by atomic mass is 10.0. The molecular weight excluding hydrogens is 538 g/mol. The molecule has 2 heterocycles. The van der Waals surface area contributed by atoms with Gasteiger partial charge in [0.1, 0.15) is 10.1 Å². The van der Waals surface area contributed by atoms with Crippen molar-refractivity contribution in [3.05, 3.63) is 92.0 Å². The Morgan fingerprint density at radius 1 is 1.08 bits per heavy atom. The maximum absolute atomic E-state index is 12.8. The van der Waals surface area contributed by atoms with E-state index < -0.39 is 10.9 Å². The van der Waals surface area contributed by atoms with E-state index >= 15 is 0 Å². The summed E-state index contributed by atoms with van der Waals surface area (Å²) in [6.45, 7) is 0.0982. The van der Waals surface area contributed by atoms with E-state index in [9.17, 15) is 14.4 Å². The summed E-state index contributed by atoms with van der Waals surface area (Å²) < 4.78 is 11.9. The highest BCUT2D eigenvalue weighted by Gasteiger charge is 2.32. The Morgan fingerprint density at radius 3 is 2.58 bits per heavy atom. The molecule has 5 rings (SSSR count). The van der Waals surface area contributed by atoms with Crippen LogP contribution in [0.1, 0.15) is 12.0 Å². The van der Waals surface area contributed by atoms with Gasteiger partial charge in [-0.1, -0.05) is 89.4 Å². The molecule has 4 aromatic rings. The van der Waals surface area contributed by atoms with Crippen LogP contribution in [0.3, 0.4) is 0 Å². The molecule has 0 aliphatic carbocycles. The van der Waals surface area contributed by atoms with Crippen LogP contribution in [0, 0.1) is 0 Å². The van der Waals surface area contributed by atoms with Crippen LogP contribution < -0.4 is 9.68 Å². The molecule has 1 aliphatic rings. The van der Waals surface area contributed by atoms with Crippen LogP contribution >= 0.6 is 46.9 Å². The molecule has 1 saturated heterocycles. The molecule has 36 heavy (non-hydrogen) atoms. The SMILES string of the molecule is O=C(CCN1C(=O)/C(=C/c2ccccc2)SC1=S)Oc1cc(-c2ccc(Cl)cc2)c2oc(=O)sc2c1. The molecule has 0 unspecified atom stereocenters. The summed E-state index contributed by atoms with van der Waals surface area (Å²) in [5.74, 6) is -0.506. The fraction of sp³-hybridized carbons (Fsp3) is 0.0769. The van der Waals surface area contributed by atoms with Crippen LogP contribution in [0.25, 0.3) is 27.5 Å². The Labute approximate surface area is 224 Å².